The van der Waals surface area contributed by atoms with E-state index in [1.54, 1.807) is 0 Å². The molecule has 1 aliphatic rings. The summed E-state index contributed by atoms with van der Waals surface area (Å²) in [6.45, 7) is 2.14. The van der Waals surface area contributed by atoms with Crippen LogP contribution in [0, 0.1) is 6.92 Å². The van der Waals surface area contributed by atoms with Crippen molar-refractivity contribution in [2.24, 2.45) is 0 Å². The molecule has 0 bridgehead atoms. The first-order chi connectivity index (χ1) is 21.7. The molecule has 0 aliphatic carbocycles. The largest absolute Gasteiger partial charge is 0.453 e. The molecule has 0 unspecified atom stereocenters. The first kappa shape index (κ1) is 24.8. The van der Waals surface area contributed by atoms with Crippen molar-refractivity contribution in [3.63, 3.8) is 0 Å². The molecule has 0 saturated carbocycles. The van der Waals surface area contributed by atoms with Crippen LogP contribution in [0.15, 0.2) is 152 Å². The second-order valence-electron chi connectivity index (χ2n) is 11.5. The molecule has 0 N–H and O–H groups in total. The van der Waals surface area contributed by atoms with E-state index < -0.39 is 0 Å². The second-order valence-corrected chi connectivity index (χ2v) is 11.5. The minimum absolute atomic E-state index is 0.844. The third-order valence-corrected chi connectivity index (χ3v) is 8.82. The van der Waals surface area contributed by atoms with Gasteiger partial charge < -0.3 is 14.2 Å². The highest BCUT2D eigenvalue weighted by atomic mass is 16.5. The van der Waals surface area contributed by atoms with Gasteiger partial charge >= 0.3 is 0 Å². The van der Waals surface area contributed by atoms with Gasteiger partial charge in [-0.3, -0.25) is 0 Å². The van der Waals surface area contributed by atoms with Crippen molar-refractivity contribution in [2.75, 3.05) is 4.90 Å². The summed E-state index contributed by atoms with van der Waals surface area (Å²) in [7, 11) is 0. The molecular weight excluding hydrogens is 536 g/mol. The van der Waals surface area contributed by atoms with Crippen LogP contribution in [0.1, 0.15) is 5.56 Å². The van der Waals surface area contributed by atoms with Gasteiger partial charge in [-0.1, -0.05) is 96.6 Å². The van der Waals surface area contributed by atoms with Gasteiger partial charge in [0.2, 0.25) is 0 Å². The lowest BCUT2D eigenvalue weighted by Crippen LogP contribution is -2.15. The summed E-state index contributed by atoms with van der Waals surface area (Å²) < 4.78 is 8.87. The van der Waals surface area contributed by atoms with Crippen LogP contribution in [-0.2, 0) is 0 Å². The average Bonchev–Trinajstić information content (AvgIpc) is 3.43. The van der Waals surface area contributed by atoms with Gasteiger partial charge in [0.15, 0.2) is 11.5 Å². The van der Waals surface area contributed by atoms with E-state index in [-0.39, 0.29) is 0 Å². The van der Waals surface area contributed by atoms with Crippen LogP contribution in [0.5, 0.6) is 11.5 Å². The lowest BCUT2D eigenvalue weighted by atomic mass is 9.96. The van der Waals surface area contributed by atoms with Gasteiger partial charge in [0.05, 0.1) is 22.4 Å². The number of rotatable bonds is 3. The van der Waals surface area contributed by atoms with E-state index in [1.165, 1.54) is 43.7 Å². The molecule has 2 heterocycles. The Morgan fingerprint density at radius 1 is 0.500 bits per heavy atom. The summed E-state index contributed by atoms with van der Waals surface area (Å²) in [5.41, 5.74) is 10.3. The molecule has 0 amide bonds. The predicted octanol–water partition coefficient (Wildman–Crippen LogP) is 11.5. The second kappa shape index (κ2) is 9.62. The molecule has 3 heteroatoms. The number of aromatic nitrogens is 1. The van der Waals surface area contributed by atoms with Crippen LogP contribution in [-0.4, -0.2) is 4.57 Å². The minimum atomic E-state index is 0.844. The van der Waals surface area contributed by atoms with Crippen molar-refractivity contribution in [1.82, 2.24) is 4.57 Å². The molecule has 208 valence electrons. The number of anilines is 3. The molecule has 9 rings (SSSR count). The van der Waals surface area contributed by atoms with Crippen LogP contribution in [0.3, 0.4) is 0 Å². The fourth-order valence-electron chi connectivity index (χ4n) is 6.82. The average molecular weight is 565 g/mol. The third-order valence-electron chi connectivity index (χ3n) is 8.82. The highest BCUT2D eigenvalue weighted by Gasteiger charge is 2.27. The number of fused-ring (bicyclic) bond motifs is 7. The van der Waals surface area contributed by atoms with E-state index in [9.17, 15) is 0 Å². The zero-order valence-electron chi connectivity index (χ0n) is 24.2. The monoisotopic (exact) mass is 564 g/mol. The number of nitrogens with zero attached hydrogens (tertiary/aromatic N) is 2. The number of para-hydroxylation sites is 3. The Morgan fingerprint density at radius 2 is 1.25 bits per heavy atom. The number of benzene rings is 7. The smallest absolute Gasteiger partial charge is 0.151 e. The molecule has 0 atom stereocenters. The standard InChI is InChI=1S/C41H28N2O/c1-27-18-22-31(23-19-27)43-35-16-9-14-33(41(35)40-32-13-6-5-10-28(32)20-24-36(40)43)29-21-25-39-37(26-29)42(30-11-3-2-4-12-30)34-15-7-8-17-38(34)44-39/h2-26H,1H3. The summed E-state index contributed by atoms with van der Waals surface area (Å²) in [5, 5.41) is 5.02. The van der Waals surface area contributed by atoms with Gasteiger partial charge in [-0.15, -0.1) is 0 Å². The topological polar surface area (TPSA) is 17.4 Å². The van der Waals surface area contributed by atoms with Crippen molar-refractivity contribution in [2.45, 2.75) is 6.92 Å². The molecule has 7 aromatic carbocycles. The maximum Gasteiger partial charge on any atom is 0.151 e. The Labute approximate surface area is 255 Å². The predicted molar refractivity (Wildman–Crippen MR) is 183 cm³/mol. The van der Waals surface area contributed by atoms with E-state index in [0.29, 0.717) is 0 Å². The quantitative estimate of drug-likeness (QED) is 0.212. The maximum atomic E-state index is 6.46. The van der Waals surface area contributed by atoms with E-state index in [2.05, 4.69) is 156 Å². The van der Waals surface area contributed by atoms with Crippen LogP contribution in [0.25, 0.3) is 49.4 Å². The molecule has 44 heavy (non-hydrogen) atoms. The van der Waals surface area contributed by atoms with Crippen LogP contribution in [0.4, 0.5) is 17.1 Å². The molecule has 0 spiro atoms. The van der Waals surface area contributed by atoms with E-state index in [0.717, 1.165) is 39.8 Å². The molecule has 0 radical (unpaired) electrons. The summed E-state index contributed by atoms with van der Waals surface area (Å²) in [4.78, 5) is 2.31. The van der Waals surface area contributed by atoms with Gasteiger partial charge in [-0.2, -0.15) is 0 Å². The van der Waals surface area contributed by atoms with Crippen molar-refractivity contribution in [1.29, 1.82) is 0 Å². The fraction of sp³-hybridized carbons (Fsp3) is 0.0244. The van der Waals surface area contributed by atoms with E-state index in [4.69, 9.17) is 4.74 Å². The summed E-state index contributed by atoms with van der Waals surface area (Å²) in [6, 6.07) is 54.2. The molecule has 8 aromatic rings. The number of hydrogen-bond donors (Lipinski definition) is 0. The Morgan fingerprint density at radius 3 is 2.14 bits per heavy atom. The molecule has 1 aromatic heterocycles. The van der Waals surface area contributed by atoms with Gasteiger partial charge in [0.25, 0.3) is 0 Å². The summed E-state index contributed by atoms with van der Waals surface area (Å²) in [5.74, 6) is 1.70. The summed E-state index contributed by atoms with van der Waals surface area (Å²) >= 11 is 0. The first-order valence-corrected chi connectivity index (χ1v) is 15.0. The zero-order chi connectivity index (χ0) is 29.2. The minimum Gasteiger partial charge on any atom is -0.453 e. The van der Waals surface area contributed by atoms with Gasteiger partial charge in [0.1, 0.15) is 0 Å². The molecule has 1 aliphatic heterocycles. The first-order valence-electron chi connectivity index (χ1n) is 15.0. The summed E-state index contributed by atoms with van der Waals surface area (Å²) in [6.07, 6.45) is 0. The molecule has 0 fully saturated rings. The number of aryl methyl sites for hydroxylation is 1. The van der Waals surface area contributed by atoms with Crippen molar-refractivity contribution < 1.29 is 4.74 Å². The number of hydrogen-bond acceptors (Lipinski definition) is 2. The lowest BCUT2D eigenvalue weighted by Gasteiger charge is -2.33. The Kier molecular flexibility index (Phi) is 5.41. The third kappa shape index (κ3) is 3.69. The SMILES string of the molecule is Cc1ccc(-n2c3cccc(-c4ccc5c(c4)N(c4ccccc4)c4ccccc4O5)c3c3c4ccccc4ccc32)cc1. The zero-order valence-corrected chi connectivity index (χ0v) is 24.2. The highest BCUT2D eigenvalue weighted by Crippen LogP contribution is 2.52. The van der Waals surface area contributed by atoms with Crippen molar-refractivity contribution >= 4 is 49.6 Å². The molecular formula is C41H28N2O. The maximum absolute atomic E-state index is 6.46. The van der Waals surface area contributed by atoms with Crippen molar-refractivity contribution in [3.8, 4) is 28.3 Å². The fourth-order valence-corrected chi connectivity index (χ4v) is 6.82. The number of ether oxygens (including phenoxy) is 1. The van der Waals surface area contributed by atoms with E-state index in [1.807, 2.05) is 12.1 Å². The van der Waals surface area contributed by atoms with Gasteiger partial charge in [0, 0.05) is 22.1 Å². The van der Waals surface area contributed by atoms with Gasteiger partial charge in [-0.05, 0) is 89.5 Å². The Hall–Kier alpha value is -5.80. The van der Waals surface area contributed by atoms with Crippen LogP contribution >= 0.6 is 0 Å². The molecule has 0 saturated heterocycles. The normalized spacial score (nSPS) is 12.3. The van der Waals surface area contributed by atoms with Gasteiger partial charge in [-0.25, -0.2) is 0 Å². The molecule has 3 nitrogen and oxygen atoms in total. The Bertz CT molecular complexity index is 2370. The van der Waals surface area contributed by atoms with E-state index >= 15 is 0 Å². The van der Waals surface area contributed by atoms with Crippen LogP contribution < -0.4 is 9.64 Å². The Balaban J connectivity index is 1.34. The van der Waals surface area contributed by atoms with Crippen molar-refractivity contribution in [3.05, 3.63) is 157 Å². The highest BCUT2D eigenvalue weighted by molar-refractivity contribution is 6.25. The van der Waals surface area contributed by atoms with Crippen LogP contribution in [0.2, 0.25) is 0 Å². The lowest BCUT2D eigenvalue weighted by molar-refractivity contribution is 0.477.